The Labute approximate surface area is 135 Å². The first kappa shape index (κ1) is 16.3. The lowest BCUT2D eigenvalue weighted by Gasteiger charge is -2.08. The van der Waals surface area contributed by atoms with Crippen molar-refractivity contribution >= 4 is 28.9 Å². The van der Waals surface area contributed by atoms with Gasteiger partial charge in [0.2, 0.25) is 0 Å². The Morgan fingerprint density at radius 2 is 2.05 bits per heavy atom. The summed E-state index contributed by atoms with van der Waals surface area (Å²) in [6.45, 7) is 4.92. The zero-order chi connectivity index (χ0) is 15.9. The summed E-state index contributed by atoms with van der Waals surface area (Å²) in [4.78, 5) is 16.1. The number of hydrogen-bond acceptors (Lipinski definition) is 3. The summed E-state index contributed by atoms with van der Waals surface area (Å²) in [5, 5.41) is 6.72. The molecule has 22 heavy (non-hydrogen) atoms. The van der Waals surface area contributed by atoms with Crippen molar-refractivity contribution in [1.82, 2.24) is 10.3 Å². The van der Waals surface area contributed by atoms with Crippen LogP contribution in [0.5, 0.6) is 0 Å². The van der Waals surface area contributed by atoms with E-state index in [1.165, 1.54) is 0 Å². The van der Waals surface area contributed by atoms with Gasteiger partial charge >= 0.3 is 0 Å². The van der Waals surface area contributed by atoms with Crippen LogP contribution in [-0.4, -0.2) is 17.4 Å². The van der Waals surface area contributed by atoms with E-state index in [0.717, 1.165) is 17.8 Å². The predicted molar refractivity (Wildman–Crippen MR) is 90.8 cm³/mol. The Kier molecular flexibility index (Phi) is 5.78. The van der Waals surface area contributed by atoms with Crippen molar-refractivity contribution in [3.63, 3.8) is 0 Å². The van der Waals surface area contributed by atoms with Gasteiger partial charge in [-0.05, 0) is 42.7 Å². The lowest BCUT2D eigenvalue weighted by atomic mass is 10.1. The molecule has 0 spiro atoms. The summed E-state index contributed by atoms with van der Waals surface area (Å²) in [5.41, 5.74) is 2.10. The van der Waals surface area contributed by atoms with Crippen LogP contribution in [0.25, 0.3) is 0 Å². The van der Waals surface area contributed by atoms with Crippen LogP contribution in [0.15, 0.2) is 42.6 Å². The minimum absolute atomic E-state index is 0.144. The van der Waals surface area contributed by atoms with Gasteiger partial charge in [0.25, 0.3) is 5.91 Å². The molecule has 0 fully saturated rings. The van der Waals surface area contributed by atoms with Crippen LogP contribution in [0.2, 0.25) is 5.02 Å². The molecule has 0 radical (unpaired) electrons. The molecular formula is C17H20ClN3O. The smallest absolute Gasteiger partial charge is 0.269 e. The lowest BCUT2D eigenvalue weighted by molar-refractivity contribution is 0.0947. The van der Waals surface area contributed by atoms with E-state index in [0.29, 0.717) is 23.2 Å². The van der Waals surface area contributed by atoms with E-state index in [1.54, 1.807) is 12.3 Å². The van der Waals surface area contributed by atoms with E-state index in [1.807, 2.05) is 30.3 Å². The highest BCUT2D eigenvalue weighted by atomic mass is 35.5. The van der Waals surface area contributed by atoms with Crippen molar-refractivity contribution in [1.29, 1.82) is 0 Å². The van der Waals surface area contributed by atoms with Crippen LogP contribution in [0.4, 0.5) is 11.4 Å². The first-order valence-corrected chi connectivity index (χ1v) is 7.69. The molecule has 0 atom stereocenters. The standard InChI is InChI=1S/C17H20ClN3O/c1-12(2)8-9-19-17(22)16-7-6-15(11-20-16)21-14-5-3-4-13(18)10-14/h3-7,10-12,21H,8-9H2,1-2H3,(H,19,22). The summed E-state index contributed by atoms with van der Waals surface area (Å²) in [6, 6.07) is 11.0. The first-order valence-electron chi connectivity index (χ1n) is 7.31. The average molecular weight is 318 g/mol. The second kappa shape index (κ2) is 7.80. The number of halogens is 1. The van der Waals surface area contributed by atoms with Crippen LogP contribution in [0.1, 0.15) is 30.8 Å². The molecule has 5 heteroatoms. The zero-order valence-corrected chi connectivity index (χ0v) is 13.5. The third-order valence-corrected chi connectivity index (χ3v) is 3.35. The number of anilines is 2. The molecule has 0 unspecified atom stereocenters. The van der Waals surface area contributed by atoms with Gasteiger partial charge in [-0.2, -0.15) is 0 Å². The summed E-state index contributed by atoms with van der Waals surface area (Å²) in [6.07, 6.45) is 2.60. The minimum Gasteiger partial charge on any atom is -0.354 e. The number of carbonyl (C=O) groups excluding carboxylic acids is 1. The second-order valence-corrected chi connectivity index (χ2v) is 5.94. The topological polar surface area (TPSA) is 54.0 Å². The number of aromatic nitrogens is 1. The Hall–Kier alpha value is -2.07. The van der Waals surface area contributed by atoms with Crippen LogP contribution < -0.4 is 10.6 Å². The van der Waals surface area contributed by atoms with Crippen LogP contribution in [0.3, 0.4) is 0 Å². The molecule has 2 rings (SSSR count). The third kappa shape index (κ3) is 5.04. The van der Waals surface area contributed by atoms with E-state index >= 15 is 0 Å². The number of nitrogens with one attached hydrogen (secondary N) is 2. The molecule has 0 saturated carbocycles. The number of pyridine rings is 1. The summed E-state index contributed by atoms with van der Waals surface area (Å²) in [7, 11) is 0. The number of carbonyl (C=O) groups is 1. The van der Waals surface area contributed by atoms with E-state index in [2.05, 4.69) is 29.5 Å². The third-order valence-electron chi connectivity index (χ3n) is 3.12. The monoisotopic (exact) mass is 317 g/mol. The summed E-state index contributed by atoms with van der Waals surface area (Å²) < 4.78 is 0. The Morgan fingerprint density at radius 3 is 2.68 bits per heavy atom. The quantitative estimate of drug-likeness (QED) is 0.837. The van der Waals surface area contributed by atoms with E-state index in [-0.39, 0.29) is 5.91 Å². The fourth-order valence-electron chi connectivity index (χ4n) is 1.90. The molecule has 2 aromatic rings. The van der Waals surface area contributed by atoms with Crippen molar-refractivity contribution < 1.29 is 4.79 Å². The fraction of sp³-hybridized carbons (Fsp3) is 0.294. The Balaban J connectivity index is 1.93. The highest BCUT2D eigenvalue weighted by Crippen LogP contribution is 2.19. The summed E-state index contributed by atoms with van der Waals surface area (Å²) >= 11 is 5.94. The maximum Gasteiger partial charge on any atom is 0.269 e. The summed E-state index contributed by atoms with van der Waals surface area (Å²) in [5.74, 6) is 0.424. The van der Waals surface area contributed by atoms with Gasteiger partial charge < -0.3 is 10.6 Å². The van der Waals surface area contributed by atoms with Crippen molar-refractivity contribution in [2.45, 2.75) is 20.3 Å². The van der Waals surface area contributed by atoms with Gasteiger partial charge in [0.15, 0.2) is 0 Å². The normalized spacial score (nSPS) is 10.5. The van der Waals surface area contributed by atoms with Gasteiger partial charge in [0.05, 0.1) is 11.9 Å². The molecule has 0 aliphatic carbocycles. The first-order chi connectivity index (χ1) is 10.5. The molecule has 116 valence electrons. The molecule has 0 aliphatic rings. The largest absolute Gasteiger partial charge is 0.354 e. The van der Waals surface area contributed by atoms with Gasteiger partial charge in [-0.3, -0.25) is 4.79 Å². The highest BCUT2D eigenvalue weighted by molar-refractivity contribution is 6.30. The molecule has 4 nitrogen and oxygen atoms in total. The Bertz CT molecular complexity index is 626. The van der Waals surface area contributed by atoms with Crippen LogP contribution in [-0.2, 0) is 0 Å². The number of rotatable bonds is 6. The maximum atomic E-state index is 11.9. The van der Waals surface area contributed by atoms with Crippen LogP contribution in [0, 0.1) is 5.92 Å². The number of amides is 1. The minimum atomic E-state index is -0.144. The van der Waals surface area contributed by atoms with E-state index in [9.17, 15) is 4.79 Å². The van der Waals surface area contributed by atoms with Crippen molar-refractivity contribution in [2.24, 2.45) is 5.92 Å². The molecule has 1 aromatic carbocycles. The van der Waals surface area contributed by atoms with Crippen molar-refractivity contribution in [3.05, 3.63) is 53.3 Å². The maximum absolute atomic E-state index is 11.9. The molecule has 1 heterocycles. The lowest BCUT2D eigenvalue weighted by Crippen LogP contribution is -2.26. The SMILES string of the molecule is CC(C)CCNC(=O)c1ccc(Nc2cccc(Cl)c2)cn1. The van der Waals surface area contributed by atoms with E-state index < -0.39 is 0 Å². The molecular weight excluding hydrogens is 298 g/mol. The van der Waals surface area contributed by atoms with E-state index in [4.69, 9.17) is 11.6 Å². The molecule has 1 aromatic heterocycles. The zero-order valence-electron chi connectivity index (χ0n) is 12.8. The Morgan fingerprint density at radius 1 is 1.23 bits per heavy atom. The average Bonchev–Trinajstić information content (AvgIpc) is 2.47. The molecule has 0 bridgehead atoms. The molecule has 2 N–H and O–H groups in total. The van der Waals surface area contributed by atoms with Crippen LogP contribution >= 0.6 is 11.6 Å². The van der Waals surface area contributed by atoms with Gasteiger partial charge in [-0.1, -0.05) is 31.5 Å². The van der Waals surface area contributed by atoms with Gasteiger partial charge in [0, 0.05) is 17.3 Å². The van der Waals surface area contributed by atoms with Crippen molar-refractivity contribution in [3.8, 4) is 0 Å². The fourth-order valence-corrected chi connectivity index (χ4v) is 2.09. The predicted octanol–water partition coefficient (Wildman–Crippen LogP) is 4.25. The molecule has 0 saturated heterocycles. The number of hydrogen-bond donors (Lipinski definition) is 2. The highest BCUT2D eigenvalue weighted by Gasteiger charge is 2.07. The van der Waals surface area contributed by atoms with Gasteiger partial charge in [-0.25, -0.2) is 4.98 Å². The molecule has 1 amide bonds. The number of nitrogens with zero attached hydrogens (tertiary/aromatic N) is 1. The number of benzene rings is 1. The second-order valence-electron chi connectivity index (χ2n) is 5.51. The molecule has 0 aliphatic heterocycles. The van der Waals surface area contributed by atoms with Gasteiger partial charge in [-0.15, -0.1) is 0 Å². The van der Waals surface area contributed by atoms with Crippen molar-refractivity contribution in [2.75, 3.05) is 11.9 Å². The van der Waals surface area contributed by atoms with Gasteiger partial charge in [0.1, 0.15) is 5.69 Å².